The summed E-state index contributed by atoms with van der Waals surface area (Å²) < 4.78 is 0. The molecule has 14 heavy (non-hydrogen) atoms. The van der Waals surface area contributed by atoms with Crippen LogP contribution < -0.4 is 5.73 Å². The van der Waals surface area contributed by atoms with Crippen molar-refractivity contribution in [2.75, 3.05) is 18.8 Å². The summed E-state index contributed by atoms with van der Waals surface area (Å²) in [5.74, 6) is 1.50. The molecule has 2 unspecified atom stereocenters. The number of hydrogen-bond acceptors (Lipinski definition) is 4. The standard InChI is InChI=1S/C9H19N3OS/c1-7-8(2)14-6-5-12(7)4-3-9(10)11-13/h7-8,13H,3-6H2,1-2H3,(H2,10,11). The highest BCUT2D eigenvalue weighted by Crippen LogP contribution is 2.23. The second-order valence-corrected chi connectivity index (χ2v) is 5.18. The Morgan fingerprint density at radius 1 is 1.64 bits per heavy atom. The minimum Gasteiger partial charge on any atom is -0.409 e. The molecule has 0 bridgehead atoms. The highest BCUT2D eigenvalue weighted by molar-refractivity contribution is 8.00. The predicted molar refractivity (Wildman–Crippen MR) is 61.0 cm³/mol. The van der Waals surface area contributed by atoms with Gasteiger partial charge in [-0.15, -0.1) is 0 Å². The lowest BCUT2D eigenvalue weighted by Crippen LogP contribution is -2.45. The zero-order valence-electron chi connectivity index (χ0n) is 8.81. The largest absolute Gasteiger partial charge is 0.409 e. The minimum absolute atomic E-state index is 0.322. The average Bonchev–Trinajstić information content (AvgIpc) is 2.20. The summed E-state index contributed by atoms with van der Waals surface area (Å²) in [7, 11) is 0. The smallest absolute Gasteiger partial charge is 0.140 e. The number of amidine groups is 1. The maximum Gasteiger partial charge on any atom is 0.140 e. The number of oxime groups is 1. The van der Waals surface area contributed by atoms with Crippen molar-refractivity contribution in [3.63, 3.8) is 0 Å². The van der Waals surface area contributed by atoms with Gasteiger partial charge < -0.3 is 10.9 Å². The third-order valence-corrected chi connectivity index (χ3v) is 4.14. The minimum atomic E-state index is 0.322. The van der Waals surface area contributed by atoms with Gasteiger partial charge in [-0.05, 0) is 6.92 Å². The third-order valence-electron chi connectivity index (χ3n) is 2.80. The molecule has 1 heterocycles. The van der Waals surface area contributed by atoms with E-state index >= 15 is 0 Å². The molecule has 1 rings (SSSR count). The average molecular weight is 217 g/mol. The van der Waals surface area contributed by atoms with Crippen LogP contribution in [0.1, 0.15) is 20.3 Å². The molecule has 0 amide bonds. The lowest BCUT2D eigenvalue weighted by Gasteiger charge is -2.37. The van der Waals surface area contributed by atoms with Gasteiger partial charge in [0, 0.05) is 36.6 Å². The Bertz CT molecular complexity index is 210. The summed E-state index contributed by atoms with van der Waals surface area (Å²) >= 11 is 2.02. The molecule has 3 N–H and O–H groups in total. The van der Waals surface area contributed by atoms with Crippen molar-refractivity contribution < 1.29 is 5.21 Å². The van der Waals surface area contributed by atoms with E-state index in [4.69, 9.17) is 10.9 Å². The summed E-state index contributed by atoms with van der Waals surface area (Å²) in [6, 6.07) is 0.584. The van der Waals surface area contributed by atoms with Gasteiger partial charge in [0.05, 0.1) is 0 Å². The van der Waals surface area contributed by atoms with E-state index < -0.39 is 0 Å². The van der Waals surface area contributed by atoms with Crippen molar-refractivity contribution in [3.8, 4) is 0 Å². The maximum absolute atomic E-state index is 8.42. The van der Waals surface area contributed by atoms with Gasteiger partial charge in [-0.3, -0.25) is 4.90 Å². The van der Waals surface area contributed by atoms with E-state index in [1.807, 2.05) is 11.8 Å². The Morgan fingerprint density at radius 2 is 2.36 bits per heavy atom. The monoisotopic (exact) mass is 217 g/mol. The molecule has 0 aromatic carbocycles. The van der Waals surface area contributed by atoms with Gasteiger partial charge >= 0.3 is 0 Å². The van der Waals surface area contributed by atoms with Gasteiger partial charge in [-0.2, -0.15) is 11.8 Å². The van der Waals surface area contributed by atoms with Gasteiger partial charge in [0.15, 0.2) is 0 Å². The summed E-state index contributed by atoms with van der Waals surface area (Å²) in [6.45, 7) is 6.49. The van der Waals surface area contributed by atoms with E-state index in [9.17, 15) is 0 Å². The van der Waals surface area contributed by atoms with Gasteiger partial charge in [-0.1, -0.05) is 12.1 Å². The molecule has 0 spiro atoms. The molecule has 1 fully saturated rings. The molecule has 1 aliphatic rings. The van der Waals surface area contributed by atoms with E-state index in [0.29, 0.717) is 23.5 Å². The van der Waals surface area contributed by atoms with E-state index in [1.165, 1.54) is 5.75 Å². The zero-order valence-corrected chi connectivity index (χ0v) is 9.63. The van der Waals surface area contributed by atoms with Crippen molar-refractivity contribution >= 4 is 17.6 Å². The molecule has 1 saturated heterocycles. The van der Waals surface area contributed by atoms with Crippen LogP contribution >= 0.6 is 11.8 Å². The second-order valence-electron chi connectivity index (χ2n) is 3.69. The molecule has 1 aliphatic heterocycles. The first kappa shape index (κ1) is 11.7. The Hall–Kier alpha value is -0.420. The van der Waals surface area contributed by atoms with Crippen molar-refractivity contribution in [3.05, 3.63) is 0 Å². The summed E-state index contributed by atoms with van der Waals surface area (Å²) in [6.07, 6.45) is 0.651. The first-order valence-corrected chi connectivity index (χ1v) is 6.02. The quantitative estimate of drug-likeness (QED) is 0.320. The van der Waals surface area contributed by atoms with Gasteiger partial charge in [0.25, 0.3) is 0 Å². The number of rotatable bonds is 3. The topological polar surface area (TPSA) is 61.8 Å². The molecule has 0 aromatic heterocycles. The van der Waals surface area contributed by atoms with Crippen LogP contribution in [0.3, 0.4) is 0 Å². The number of nitrogens with zero attached hydrogens (tertiary/aromatic N) is 2. The van der Waals surface area contributed by atoms with Crippen molar-refractivity contribution in [2.45, 2.75) is 31.6 Å². The Balaban J connectivity index is 2.36. The van der Waals surface area contributed by atoms with Crippen molar-refractivity contribution in [1.82, 2.24) is 4.90 Å². The Labute approximate surface area is 89.5 Å². The molecule has 0 aromatic rings. The first-order valence-electron chi connectivity index (χ1n) is 4.97. The van der Waals surface area contributed by atoms with Gasteiger partial charge in [0.2, 0.25) is 0 Å². The van der Waals surface area contributed by atoms with Crippen LogP contribution in [-0.2, 0) is 0 Å². The van der Waals surface area contributed by atoms with E-state index in [1.54, 1.807) is 0 Å². The predicted octanol–water partition coefficient (Wildman–Crippen LogP) is 0.949. The molecule has 0 radical (unpaired) electrons. The van der Waals surface area contributed by atoms with Crippen LogP contribution in [0.5, 0.6) is 0 Å². The summed E-state index contributed by atoms with van der Waals surface area (Å²) in [4.78, 5) is 2.40. The van der Waals surface area contributed by atoms with Gasteiger partial charge in [0.1, 0.15) is 5.84 Å². The molecule has 5 heteroatoms. The fourth-order valence-corrected chi connectivity index (χ4v) is 2.78. The van der Waals surface area contributed by atoms with Crippen LogP contribution in [0.4, 0.5) is 0 Å². The number of nitrogens with two attached hydrogens (primary N) is 1. The van der Waals surface area contributed by atoms with E-state index in [2.05, 4.69) is 23.9 Å². The highest BCUT2D eigenvalue weighted by atomic mass is 32.2. The molecule has 4 nitrogen and oxygen atoms in total. The number of hydrogen-bond donors (Lipinski definition) is 2. The fourth-order valence-electron chi connectivity index (χ4n) is 1.62. The molecular formula is C9H19N3OS. The van der Waals surface area contributed by atoms with Crippen LogP contribution in [0.25, 0.3) is 0 Å². The lowest BCUT2D eigenvalue weighted by atomic mass is 10.2. The Morgan fingerprint density at radius 3 is 3.00 bits per heavy atom. The van der Waals surface area contributed by atoms with E-state index in [-0.39, 0.29) is 0 Å². The third kappa shape index (κ3) is 3.06. The molecule has 0 aliphatic carbocycles. The SMILES string of the molecule is CC1SCCN(CC/C(N)=N/O)C1C. The number of thioether (sulfide) groups is 1. The van der Waals surface area contributed by atoms with Crippen LogP contribution in [0.15, 0.2) is 5.16 Å². The second kappa shape index (κ2) is 5.46. The van der Waals surface area contributed by atoms with Crippen molar-refractivity contribution in [1.29, 1.82) is 0 Å². The van der Waals surface area contributed by atoms with Crippen LogP contribution in [0.2, 0.25) is 0 Å². The molecular weight excluding hydrogens is 198 g/mol. The fraction of sp³-hybridized carbons (Fsp3) is 0.889. The summed E-state index contributed by atoms with van der Waals surface area (Å²) in [5.41, 5.74) is 5.44. The normalized spacial score (nSPS) is 30.6. The molecule has 82 valence electrons. The van der Waals surface area contributed by atoms with Crippen molar-refractivity contribution in [2.24, 2.45) is 10.9 Å². The molecule has 0 saturated carbocycles. The Kier molecular flexibility index (Phi) is 4.54. The van der Waals surface area contributed by atoms with Crippen LogP contribution in [-0.4, -0.2) is 46.1 Å². The first-order chi connectivity index (χ1) is 6.65. The van der Waals surface area contributed by atoms with Crippen LogP contribution in [0, 0.1) is 0 Å². The van der Waals surface area contributed by atoms with E-state index in [0.717, 1.165) is 13.1 Å². The summed E-state index contributed by atoms with van der Waals surface area (Å²) in [5, 5.41) is 12.1. The lowest BCUT2D eigenvalue weighted by molar-refractivity contribution is 0.218. The zero-order chi connectivity index (χ0) is 10.6. The highest BCUT2D eigenvalue weighted by Gasteiger charge is 2.24. The molecule has 2 atom stereocenters. The maximum atomic E-state index is 8.42. The van der Waals surface area contributed by atoms with Gasteiger partial charge in [-0.25, -0.2) is 0 Å².